The number of rotatable bonds is 5. The van der Waals surface area contributed by atoms with Crippen LogP contribution in [0.3, 0.4) is 0 Å². The highest BCUT2D eigenvalue weighted by Gasteiger charge is 2.40. The molecule has 1 N–H and O–H groups in total. The number of amides is 1. The monoisotopic (exact) mass is 629 g/mol. The summed E-state index contributed by atoms with van der Waals surface area (Å²) >= 11 is 1.50. The number of hydrogen-bond acceptors (Lipinski definition) is 12. The average molecular weight is 630 g/mol. The van der Waals surface area contributed by atoms with Gasteiger partial charge in [-0.2, -0.15) is 10.4 Å². The third kappa shape index (κ3) is 6.15. The van der Waals surface area contributed by atoms with Crippen molar-refractivity contribution in [1.82, 2.24) is 29.7 Å². The number of nitrogens with zero attached hydrogens (tertiary/aromatic N) is 8. The number of morpholine rings is 1. The SMILES string of the molecule is CC(C)(C)OC(=O)N1CC2CN(c3nnc(-c4cnc(-c5ccc6cc(C#N)cnn56)cc4NC4CCOCC4)s3)CC1CO2. The van der Waals surface area contributed by atoms with Crippen molar-refractivity contribution in [2.75, 3.05) is 49.7 Å². The molecule has 4 saturated heterocycles. The molecule has 8 heterocycles. The Balaban J connectivity index is 1.18. The first-order chi connectivity index (χ1) is 21.7. The molecule has 4 fully saturated rings. The topological polar surface area (TPSA) is 143 Å². The first kappa shape index (κ1) is 29.4. The van der Waals surface area contributed by atoms with Crippen LogP contribution in [0.4, 0.5) is 15.6 Å². The number of carbonyl (C=O) groups excluding carboxylic acids is 1. The molecule has 0 radical (unpaired) electrons. The Morgan fingerprint density at radius 2 is 1.98 bits per heavy atom. The van der Waals surface area contributed by atoms with Gasteiger partial charge in [0.15, 0.2) is 5.01 Å². The fourth-order valence-electron chi connectivity index (χ4n) is 5.95. The third-order valence-electron chi connectivity index (χ3n) is 8.14. The van der Waals surface area contributed by atoms with Gasteiger partial charge in [0.05, 0.1) is 59.5 Å². The molecule has 4 aromatic rings. The van der Waals surface area contributed by atoms with E-state index in [1.54, 1.807) is 15.6 Å². The van der Waals surface area contributed by atoms with Gasteiger partial charge in [-0.3, -0.25) is 9.88 Å². The van der Waals surface area contributed by atoms with Crippen LogP contribution >= 0.6 is 11.3 Å². The maximum absolute atomic E-state index is 13.0. The molecule has 0 aromatic carbocycles. The van der Waals surface area contributed by atoms with E-state index < -0.39 is 5.60 Å². The summed E-state index contributed by atoms with van der Waals surface area (Å²) in [7, 11) is 0. The molecule has 8 rings (SSSR count). The molecule has 2 bridgehead atoms. The van der Waals surface area contributed by atoms with Gasteiger partial charge in [0.1, 0.15) is 11.7 Å². The average Bonchev–Trinajstić information content (AvgIpc) is 3.58. The number of carbonyl (C=O) groups is 1. The van der Waals surface area contributed by atoms with E-state index in [2.05, 4.69) is 31.6 Å². The van der Waals surface area contributed by atoms with Crippen molar-refractivity contribution in [2.45, 2.75) is 57.4 Å². The predicted octanol–water partition coefficient (Wildman–Crippen LogP) is 4.20. The van der Waals surface area contributed by atoms with Crippen molar-refractivity contribution >= 4 is 33.8 Å². The van der Waals surface area contributed by atoms with E-state index in [1.807, 2.05) is 51.2 Å². The Morgan fingerprint density at radius 3 is 2.78 bits per heavy atom. The molecule has 1 amide bonds. The molecule has 0 saturated carbocycles. The van der Waals surface area contributed by atoms with Gasteiger partial charge >= 0.3 is 6.09 Å². The lowest BCUT2D eigenvalue weighted by atomic mass is 10.1. The molecule has 0 spiro atoms. The quantitative estimate of drug-likeness (QED) is 0.339. The van der Waals surface area contributed by atoms with Crippen molar-refractivity contribution < 1.29 is 19.0 Å². The van der Waals surface area contributed by atoms with Gasteiger partial charge in [-0.1, -0.05) is 11.3 Å². The first-order valence-electron chi connectivity index (χ1n) is 15.2. The standard InChI is InChI=1S/C31H35N9O4S/c1-31(2,3)44-30(41)39-17-23-16-38(15-22(39)18-43-23)29-37-36-28(45-29)24-14-33-26(11-25(24)35-20-6-8-42-9-7-20)27-5-4-21-10-19(12-32)13-34-40(21)27/h4-5,10-11,13-14,20,22-23H,6-9,15-18H2,1-3H3,(H,33,35). The van der Waals surface area contributed by atoms with Gasteiger partial charge in [0.25, 0.3) is 0 Å². The maximum Gasteiger partial charge on any atom is 0.410 e. The van der Waals surface area contributed by atoms with E-state index in [4.69, 9.17) is 19.2 Å². The fourth-order valence-corrected chi connectivity index (χ4v) is 6.84. The Kier molecular flexibility index (Phi) is 7.76. The molecule has 0 aliphatic carbocycles. The third-order valence-corrected chi connectivity index (χ3v) is 9.16. The van der Waals surface area contributed by atoms with Crippen molar-refractivity contribution in [2.24, 2.45) is 0 Å². The minimum atomic E-state index is -0.566. The summed E-state index contributed by atoms with van der Waals surface area (Å²) in [5, 5.41) is 28.2. The van der Waals surface area contributed by atoms with Gasteiger partial charge in [0, 0.05) is 44.2 Å². The molecule has 13 nitrogen and oxygen atoms in total. The van der Waals surface area contributed by atoms with Crippen LogP contribution < -0.4 is 10.2 Å². The number of pyridine rings is 1. The number of ether oxygens (including phenoxy) is 3. The second-order valence-electron chi connectivity index (χ2n) is 12.6. The van der Waals surface area contributed by atoms with Crippen molar-refractivity contribution in [3.05, 3.63) is 42.2 Å². The lowest BCUT2D eigenvalue weighted by Gasteiger charge is -2.36. The summed E-state index contributed by atoms with van der Waals surface area (Å²) in [6, 6.07) is 9.98. The van der Waals surface area contributed by atoms with Crippen LogP contribution in [0.2, 0.25) is 0 Å². The van der Waals surface area contributed by atoms with E-state index in [1.165, 1.54) is 11.3 Å². The van der Waals surface area contributed by atoms with Gasteiger partial charge in [-0.05, 0) is 57.9 Å². The number of nitriles is 1. The Labute approximate surface area is 264 Å². The molecule has 45 heavy (non-hydrogen) atoms. The molecule has 2 atom stereocenters. The number of nitrogens with one attached hydrogen (secondary N) is 1. The zero-order valence-electron chi connectivity index (χ0n) is 25.5. The van der Waals surface area contributed by atoms with Crippen LogP contribution in [0, 0.1) is 11.3 Å². The van der Waals surface area contributed by atoms with Crippen molar-refractivity contribution in [3.8, 4) is 28.0 Å². The molecule has 4 aromatic heterocycles. The summed E-state index contributed by atoms with van der Waals surface area (Å²) in [6.45, 7) is 9.18. The lowest BCUT2D eigenvalue weighted by molar-refractivity contribution is -0.0531. The predicted molar refractivity (Wildman–Crippen MR) is 168 cm³/mol. The van der Waals surface area contributed by atoms with Gasteiger partial charge in [-0.25, -0.2) is 9.31 Å². The number of fused-ring (bicyclic) bond motifs is 5. The summed E-state index contributed by atoms with van der Waals surface area (Å²) in [6.07, 6.45) is 4.73. The van der Waals surface area contributed by atoms with Crippen LogP contribution in [-0.4, -0.2) is 99.0 Å². The number of hydrogen-bond donors (Lipinski definition) is 1. The summed E-state index contributed by atoms with van der Waals surface area (Å²) in [4.78, 5) is 21.8. The van der Waals surface area contributed by atoms with Crippen LogP contribution in [0.1, 0.15) is 39.2 Å². The maximum atomic E-state index is 13.0. The van der Waals surface area contributed by atoms with E-state index in [0.717, 1.165) is 51.1 Å². The molecule has 14 heteroatoms. The van der Waals surface area contributed by atoms with E-state index in [-0.39, 0.29) is 24.3 Å². The smallest absolute Gasteiger partial charge is 0.410 e. The number of aromatic nitrogens is 5. The van der Waals surface area contributed by atoms with Crippen LogP contribution in [0.5, 0.6) is 0 Å². The summed E-state index contributed by atoms with van der Waals surface area (Å²) in [5.74, 6) is 0. The highest BCUT2D eigenvalue weighted by atomic mass is 32.1. The normalized spacial score (nSPS) is 20.7. The minimum Gasteiger partial charge on any atom is -0.444 e. The largest absolute Gasteiger partial charge is 0.444 e. The number of anilines is 2. The fraction of sp³-hybridized carbons (Fsp3) is 0.484. The molecule has 4 aliphatic rings. The summed E-state index contributed by atoms with van der Waals surface area (Å²) < 4.78 is 19.1. The first-order valence-corrected chi connectivity index (χ1v) is 16.0. The molecular weight excluding hydrogens is 594 g/mol. The Bertz CT molecular complexity index is 1750. The molecule has 4 aliphatic heterocycles. The highest BCUT2D eigenvalue weighted by Crippen LogP contribution is 2.37. The van der Waals surface area contributed by atoms with E-state index in [9.17, 15) is 10.1 Å². The Morgan fingerprint density at radius 1 is 1.13 bits per heavy atom. The van der Waals surface area contributed by atoms with Crippen LogP contribution in [0.15, 0.2) is 36.7 Å². The zero-order chi connectivity index (χ0) is 31.1. The zero-order valence-corrected chi connectivity index (χ0v) is 26.3. The molecular formula is C31H35N9O4S. The minimum absolute atomic E-state index is 0.146. The highest BCUT2D eigenvalue weighted by molar-refractivity contribution is 7.18. The van der Waals surface area contributed by atoms with Gasteiger partial charge in [-0.15, -0.1) is 10.2 Å². The second kappa shape index (κ2) is 11.9. The van der Waals surface area contributed by atoms with Gasteiger partial charge < -0.3 is 24.4 Å². The molecule has 234 valence electrons. The summed E-state index contributed by atoms with van der Waals surface area (Å²) in [5.41, 5.74) is 4.10. The van der Waals surface area contributed by atoms with Crippen molar-refractivity contribution in [1.29, 1.82) is 5.26 Å². The van der Waals surface area contributed by atoms with Gasteiger partial charge in [0.2, 0.25) is 5.13 Å². The van der Waals surface area contributed by atoms with E-state index in [0.29, 0.717) is 45.0 Å². The van der Waals surface area contributed by atoms with Crippen molar-refractivity contribution in [3.63, 3.8) is 0 Å². The van der Waals surface area contributed by atoms with E-state index >= 15 is 0 Å². The molecule has 2 unspecified atom stereocenters. The van der Waals surface area contributed by atoms with Crippen LogP contribution in [-0.2, 0) is 14.2 Å². The lowest BCUT2D eigenvalue weighted by Crippen LogP contribution is -2.53. The second-order valence-corrected chi connectivity index (χ2v) is 13.6. The Hall–Kier alpha value is -4.32. The van der Waals surface area contributed by atoms with Crippen LogP contribution in [0.25, 0.3) is 27.5 Å².